The quantitative estimate of drug-likeness (QED) is 0.548. The van der Waals surface area contributed by atoms with Crippen molar-refractivity contribution in [3.63, 3.8) is 0 Å². The molecule has 100 valence electrons. The third-order valence-corrected chi connectivity index (χ3v) is 3.52. The summed E-state index contributed by atoms with van der Waals surface area (Å²) in [5.41, 5.74) is 8.03. The number of ketones is 1. The first kappa shape index (κ1) is 13.0. The average molecular weight is 305 g/mol. The number of nitrogen functional groups attached to an aromatic ring is 1. The van der Waals surface area contributed by atoms with E-state index in [1.165, 1.54) is 0 Å². The third-order valence-electron chi connectivity index (χ3n) is 3.07. The molecule has 3 rings (SSSR count). The number of fused-ring (bicyclic) bond motifs is 1. The molecular weight excluding hydrogens is 295 g/mol. The van der Waals surface area contributed by atoms with Gasteiger partial charge in [-0.05, 0) is 36.4 Å². The highest BCUT2D eigenvalue weighted by molar-refractivity contribution is 6.32. The summed E-state index contributed by atoms with van der Waals surface area (Å²) in [5.74, 6) is -0.146. The molecule has 5 heteroatoms. The number of hydrogen-bond acceptors (Lipinski definition) is 2. The van der Waals surface area contributed by atoms with Crippen LogP contribution in [0.15, 0.2) is 42.6 Å². The number of rotatable bonds is 2. The predicted molar refractivity (Wildman–Crippen MR) is 82.6 cm³/mol. The first-order valence-electron chi connectivity index (χ1n) is 5.92. The van der Waals surface area contributed by atoms with Crippen LogP contribution in [-0.4, -0.2) is 10.8 Å². The van der Waals surface area contributed by atoms with Crippen molar-refractivity contribution in [1.29, 1.82) is 0 Å². The molecule has 0 unspecified atom stereocenters. The third kappa shape index (κ3) is 2.26. The molecule has 0 bridgehead atoms. The number of nitrogens with two attached hydrogens (primary N) is 1. The number of benzene rings is 2. The maximum Gasteiger partial charge on any atom is 0.195 e. The van der Waals surface area contributed by atoms with Crippen LogP contribution < -0.4 is 5.73 Å². The zero-order valence-electron chi connectivity index (χ0n) is 10.3. The fourth-order valence-corrected chi connectivity index (χ4v) is 2.60. The van der Waals surface area contributed by atoms with Crippen LogP contribution >= 0.6 is 23.2 Å². The maximum absolute atomic E-state index is 12.6. The van der Waals surface area contributed by atoms with Crippen LogP contribution in [0.5, 0.6) is 0 Å². The zero-order chi connectivity index (χ0) is 14.3. The summed E-state index contributed by atoms with van der Waals surface area (Å²) in [4.78, 5) is 15.6. The Balaban J connectivity index is 2.15. The van der Waals surface area contributed by atoms with E-state index in [0.29, 0.717) is 26.9 Å². The maximum atomic E-state index is 12.6. The molecule has 2 aromatic carbocycles. The second-order valence-electron chi connectivity index (χ2n) is 4.49. The van der Waals surface area contributed by atoms with Gasteiger partial charge >= 0.3 is 0 Å². The minimum atomic E-state index is -0.146. The van der Waals surface area contributed by atoms with Crippen LogP contribution in [0.3, 0.4) is 0 Å². The molecule has 0 saturated heterocycles. The Hall–Kier alpha value is -1.97. The van der Waals surface area contributed by atoms with Crippen molar-refractivity contribution in [1.82, 2.24) is 4.98 Å². The lowest BCUT2D eigenvalue weighted by Gasteiger charge is -2.03. The van der Waals surface area contributed by atoms with E-state index < -0.39 is 0 Å². The zero-order valence-corrected chi connectivity index (χ0v) is 11.8. The highest BCUT2D eigenvalue weighted by Crippen LogP contribution is 2.26. The molecule has 0 spiro atoms. The highest BCUT2D eigenvalue weighted by atomic mass is 35.5. The van der Waals surface area contributed by atoms with Crippen molar-refractivity contribution in [2.45, 2.75) is 0 Å². The van der Waals surface area contributed by atoms with Gasteiger partial charge in [-0.3, -0.25) is 4.79 Å². The first-order valence-corrected chi connectivity index (χ1v) is 6.67. The van der Waals surface area contributed by atoms with Crippen molar-refractivity contribution >= 4 is 45.6 Å². The predicted octanol–water partition coefficient (Wildman–Crippen LogP) is 4.29. The first-order chi connectivity index (χ1) is 9.54. The summed E-state index contributed by atoms with van der Waals surface area (Å²) in [6.45, 7) is 0. The summed E-state index contributed by atoms with van der Waals surface area (Å²) in [7, 11) is 0. The van der Waals surface area contributed by atoms with E-state index in [9.17, 15) is 4.79 Å². The molecule has 0 aliphatic heterocycles. The minimum absolute atomic E-state index is 0.146. The lowest BCUT2D eigenvalue weighted by molar-refractivity contribution is 0.104. The number of aromatic nitrogens is 1. The van der Waals surface area contributed by atoms with Gasteiger partial charge in [-0.1, -0.05) is 23.2 Å². The fourth-order valence-electron chi connectivity index (χ4n) is 2.18. The molecule has 3 nitrogen and oxygen atoms in total. The molecule has 0 atom stereocenters. The van der Waals surface area contributed by atoms with Gasteiger partial charge in [0.25, 0.3) is 0 Å². The van der Waals surface area contributed by atoms with Crippen LogP contribution in [0.1, 0.15) is 15.9 Å². The van der Waals surface area contributed by atoms with Crippen molar-refractivity contribution in [3.05, 3.63) is 63.8 Å². The molecule has 0 aliphatic carbocycles. The van der Waals surface area contributed by atoms with Gasteiger partial charge in [-0.15, -0.1) is 0 Å². The normalized spacial score (nSPS) is 10.9. The number of nitrogens with one attached hydrogen (secondary N) is 1. The van der Waals surface area contributed by atoms with E-state index in [0.717, 1.165) is 10.9 Å². The smallest absolute Gasteiger partial charge is 0.195 e. The van der Waals surface area contributed by atoms with E-state index in [-0.39, 0.29) is 5.78 Å². The van der Waals surface area contributed by atoms with Gasteiger partial charge in [-0.25, -0.2) is 0 Å². The summed E-state index contributed by atoms with van der Waals surface area (Å²) < 4.78 is 0. The van der Waals surface area contributed by atoms with Crippen LogP contribution in [-0.2, 0) is 0 Å². The molecule has 0 radical (unpaired) electrons. The Kier molecular flexibility index (Phi) is 3.16. The van der Waals surface area contributed by atoms with Crippen molar-refractivity contribution < 1.29 is 4.79 Å². The van der Waals surface area contributed by atoms with Crippen molar-refractivity contribution in [2.75, 3.05) is 5.73 Å². The second kappa shape index (κ2) is 4.85. The Labute approximate surface area is 125 Å². The molecule has 0 amide bonds. The number of hydrogen-bond donors (Lipinski definition) is 2. The van der Waals surface area contributed by atoms with Gasteiger partial charge in [-0.2, -0.15) is 0 Å². The van der Waals surface area contributed by atoms with E-state index in [4.69, 9.17) is 28.9 Å². The topological polar surface area (TPSA) is 58.9 Å². The van der Waals surface area contributed by atoms with E-state index in [1.54, 1.807) is 36.5 Å². The van der Waals surface area contributed by atoms with Gasteiger partial charge < -0.3 is 10.7 Å². The van der Waals surface area contributed by atoms with Gasteiger partial charge in [0.1, 0.15) is 0 Å². The Morgan fingerprint density at radius 3 is 2.60 bits per heavy atom. The number of aromatic amines is 1. The van der Waals surface area contributed by atoms with Gasteiger partial charge in [0.05, 0.1) is 0 Å². The lowest BCUT2D eigenvalue weighted by Crippen LogP contribution is -2.01. The van der Waals surface area contributed by atoms with E-state index in [2.05, 4.69) is 4.98 Å². The molecule has 0 fully saturated rings. The van der Waals surface area contributed by atoms with Gasteiger partial charge in [0.2, 0.25) is 0 Å². The molecular formula is C15H10Cl2N2O. The summed E-state index contributed by atoms with van der Waals surface area (Å²) in [6.07, 6.45) is 1.67. The van der Waals surface area contributed by atoms with Crippen LogP contribution in [0.25, 0.3) is 10.9 Å². The van der Waals surface area contributed by atoms with E-state index in [1.807, 2.05) is 6.07 Å². The Bertz CT molecular complexity index is 804. The van der Waals surface area contributed by atoms with Crippen LogP contribution in [0.2, 0.25) is 10.0 Å². The number of halogens is 2. The Morgan fingerprint density at radius 1 is 1.05 bits per heavy atom. The van der Waals surface area contributed by atoms with Gasteiger partial charge in [0.15, 0.2) is 5.78 Å². The monoisotopic (exact) mass is 304 g/mol. The highest BCUT2D eigenvalue weighted by Gasteiger charge is 2.15. The average Bonchev–Trinajstić information content (AvgIpc) is 2.79. The van der Waals surface area contributed by atoms with E-state index >= 15 is 0 Å². The fraction of sp³-hybridized carbons (Fsp3) is 0. The molecule has 0 aliphatic rings. The van der Waals surface area contributed by atoms with Crippen LogP contribution in [0, 0.1) is 0 Å². The molecule has 3 aromatic rings. The molecule has 3 N–H and O–H groups in total. The van der Waals surface area contributed by atoms with Crippen molar-refractivity contribution in [2.24, 2.45) is 0 Å². The molecule has 1 heterocycles. The largest absolute Gasteiger partial charge is 0.399 e. The summed E-state index contributed by atoms with van der Waals surface area (Å²) in [5, 5.41) is 1.80. The summed E-state index contributed by atoms with van der Waals surface area (Å²) >= 11 is 11.9. The SMILES string of the molecule is Nc1cc(Cl)cc(C(=O)c2c[nH]c3ccc(Cl)cc23)c1. The van der Waals surface area contributed by atoms with Crippen LogP contribution in [0.4, 0.5) is 5.69 Å². The standard InChI is InChI=1S/C15H10Cl2N2O/c16-9-1-2-14-12(6-9)13(7-19-14)15(20)8-3-10(17)5-11(18)4-8/h1-7,19H,18H2. The number of carbonyl (C=O) groups excluding carboxylic acids is 1. The number of H-pyrrole nitrogens is 1. The van der Waals surface area contributed by atoms with Gasteiger partial charge in [0, 0.05) is 44.0 Å². The van der Waals surface area contributed by atoms with Crippen molar-refractivity contribution in [3.8, 4) is 0 Å². The second-order valence-corrected chi connectivity index (χ2v) is 5.37. The lowest BCUT2D eigenvalue weighted by atomic mass is 10.0. The molecule has 20 heavy (non-hydrogen) atoms. The number of anilines is 1. The molecule has 1 aromatic heterocycles. The molecule has 0 saturated carbocycles. The summed E-state index contributed by atoms with van der Waals surface area (Å²) in [6, 6.07) is 10.2. The minimum Gasteiger partial charge on any atom is -0.399 e. The Morgan fingerprint density at radius 2 is 1.85 bits per heavy atom. The number of carbonyl (C=O) groups is 1.